The Morgan fingerprint density at radius 3 is 2.69 bits per heavy atom. The summed E-state index contributed by atoms with van der Waals surface area (Å²) in [6, 6.07) is 10.3. The molecule has 2 aromatic rings. The number of ether oxygens (including phenoxy) is 2. The third kappa shape index (κ3) is 3.61. The van der Waals surface area contributed by atoms with Crippen LogP contribution in [-0.4, -0.2) is 38.6 Å². The Labute approximate surface area is 150 Å². The fraction of sp³-hybridized carbons (Fsp3) is 0.263. The zero-order chi connectivity index (χ0) is 18.7. The van der Waals surface area contributed by atoms with Crippen molar-refractivity contribution < 1.29 is 23.5 Å². The highest BCUT2D eigenvalue weighted by molar-refractivity contribution is 6.00. The molecule has 1 aliphatic rings. The van der Waals surface area contributed by atoms with Gasteiger partial charge in [0.15, 0.2) is 0 Å². The van der Waals surface area contributed by atoms with Gasteiger partial charge in [0.2, 0.25) is 5.91 Å². The van der Waals surface area contributed by atoms with Gasteiger partial charge in [-0.2, -0.15) is 0 Å². The van der Waals surface area contributed by atoms with Gasteiger partial charge < -0.3 is 19.7 Å². The van der Waals surface area contributed by atoms with Crippen molar-refractivity contribution >= 4 is 17.5 Å². The minimum absolute atomic E-state index is 0.153. The molecule has 0 radical (unpaired) electrons. The molecule has 0 aliphatic carbocycles. The van der Waals surface area contributed by atoms with E-state index >= 15 is 0 Å². The SMILES string of the molecule is COc1ccc(C(=O)NC2CC(=O)N(c3cccc(F)c3)C2)c(OC)c1. The number of hydrogen-bond donors (Lipinski definition) is 1. The normalized spacial score (nSPS) is 16.5. The van der Waals surface area contributed by atoms with Gasteiger partial charge in [0, 0.05) is 24.7 Å². The zero-order valence-corrected chi connectivity index (χ0v) is 14.5. The van der Waals surface area contributed by atoms with E-state index in [2.05, 4.69) is 5.32 Å². The highest BCUT2D eigenvalue weighted by atomic mass is 19.1. The van der Waals surface area contributed by atoms with E-state index in [1.807, 2.05) is 0 Å². The Morgan fingerprint density at radius 2 is 2.00 bits per heavy atom. The van der Waals surface area contributed by atoms with E-state index < -0.39 is 5.82 Å². The summed E-state index contributed by atoms with van der Waals surface area (Å²) < 4.78 is 23.7. The second kappa shape index (κ2) is 7.43. The van der Waals surface area contributed by atoms with Crippen LogP contribution in [0.2, 0.25) is 0 Å². The average molecular weight is 358 g/mol. The van der Waals surface area contributed by atoms with Gasteiger partial charge in [-0.3, -0.25) is 9.59 Å². The lowest BCUT2D eigenvalue weighted by molar-refractivity contribution is -0.117. The second-order valence-electron chi connectivity index (χ2n) is 5.92. The summed E-state index contributed by atoms with van der Waals surface area (Å²) in [5, 5.41) is 2.84. The highest BCUT2D eigenvalue weighted by Gasteiger charge is 2.32. The maximum absolute atomic E-state index is 13.4. The van der Waals surface area contributed by atoms with Crippen LogP contribution in [0.3, 0.4) is 0 Å². The number of amides is 2. The lowest BCUT2D eigenvalue weighted by Gasteiger charge is -2.18. The van der Waals surface area contributed by atoms with Gasteiger partial charge in [0.25, 0.3) is 5.91 Å². The number of methoxy groups -OCH3 is 2. The van der Waals surface area contributed by atoms with Gasteiger partial charge >= 0.3 is 0 Å². The molecule has 7 heteroatoms. The van der Waals surface area contributed by atoms with E-state index in [9.17, 15) is 14.0 Å². The second-order valence-corrected chi connectivity index (χ2v) is 5.92. The van der Waals surface area contributed by atoms with Crippen molar-refractivity contribution in [3.8, 4) is 11.5 Å². The molecule has 2 aromatic carbocycles. The van der Waals surface area contributed by atoms with Gasteiger partial charge in [-0.25, -0.2) is 4.39 Å². The molecular weight excluding hydrogens is 339 g/mol. The Bertz CT molecular complexity index is 840. The molecule has 0 bridgehead atoms. The van der Waals surface area contributed by atoms with Crippen molar-refractivity contribution in [2.45, 2.75) is 12.5 Å². The molecule has 0 aromatic heterocycles. The van der Waals surface area contributed by atoms with Crippen LogP contribution in [0.1, 0.15) is 16.8 Å². The maximum atomic E-state index is 13.4. The zero-order valence-electron chi connectivity index (χ0n) is 14.5. The van der Waals surface area contributed by atoms with Crippen LogP contribution in [0, 0.1) is 5.82 Å². The van der Waals surface area contributed by atoms with Crippen molar-refractivity contribution in [2.24, 2.45) is 0 Å². The molecule has 1 saturated heterocycles. The number of carbonyl (C=O) groups is 2. The summed E-state index contributed by atoms with van der Waals surface area (Å²) in [4.78, 5) is 26.3. The topological polar surface area (TPSA) is 67.9 Å². The lowest BCUT2D eigenvalue weighted by atomic mass is 10.1. The fourth-order valence-corrected chi connectivity index (χ4v) is 2.95. The van der Waals surface area contributed by atoms with E-state index in [1.54, 1.807) is 30.3 Å². The molecule has 3 rings (SSSR count). The first kappa shape index (κ1) is 17.7. The summed E-state index contributed by atoms with van der Waals surface area (Å²) in [7, 11) is 3.00. The number of carbonyl (C=O) groups excluding carboxylic acids is 2. The molecule has 1 fully saturated rings. The van der Waals surface area contributed by atoms with Crippen molar-refractivity contribution in [3.63, 3.8) is 0 Å². The minimum Gasteiger partial charge on any atom is -0.497 e. The summed E-state index contributed by atoms with van der Waals surface area (Å²) in [6.07, 6.45) is 0.153. The van der Waals surface area contributed by atoms with Crippen molar-refractivity contribution in [1.29, 1.82) is 0 Å². The summed E-state index contributed by atoms with van der Waals surface area (Å²) in [5.41, 5.74) is 0.832. The first-order chi connectivity index (χ1) is 12.5. The monoisotopic (exact) mass is 358 g/mol. The van der Waals surface area contributed by atoms with Crippen LogP contribution in [0.5, 0.6) is 11.5 Å². The number of benzene rings is 2. The fourth-order valence-electron chi connectivity index (χ4n) is 2.95. The number of hydrogen-bond acceptors (Lipinski definition) is 4. The third-order valence-electron chi connectivity index (χ3n) is 4.23. The number of halogens is 1. The van der Waals surface area contributed by atoms with Crippen molar-refractivity contribution in [2.75, 3.05) is 25.7 Å². The Morgan fingerprint density at radius 1 is 1.19 bits per heavy atom. The van der Waals surface area contributed by atoms with E-state index in [4.69, 9.17) is 9.47 Å². The molecule has 1 aliphatic heterocycles. The van der Waals surface area contributed by atoms with Gasteiger partial charge in [-0.1, -0.05) is 6.07 Å². The molecular formula is C19H19FN2O4. The number of nitrogens with zero attached hydrogens (tertiary/aromatic N) is 1. The van der Waals surface area contributed by atoms with Gasteiger partial charge in [-0.05, 0) is 30.3 Å². The number of anilines is 1. The summed E-state index contributed by atoms with van der Waals surface area (Å²) >= 11 is 0. The van der Waals surface area contributed by atoms with Crippen LogP contribution in [0.4, 0.5) is 10.1 Å². The van der Waals surface area contributed by atoms with Gasteiger partial charge in [-0.15, -0.1) is 0 Å². The maximum Gasteiger partial charge on any atom is 0.255 e. The van der Waals surface area contributed by atoms with Crippen LogP contribution < -0.4 is 19.7 Å². The molecule has 0 spiro atoms. The van der Waals surface area contributed by atoms with Crippen LogP contribution in [0.15, 0.2) is 42.5 Å². The minimum atomic E-state index is -0.411. The molecule has 0 saturated carbocycles. The van der Waals surface area contributed by atoms with Gasteiger partial charge in [0.1, 0.15) is 17.3 Å². The summed E-state index contributed by atoms with van der Waals surface area (Å²) in [5.74, 6) is 0.0385. The third-order valence-corrected chi connectivity index (χ3v) is 4.23. The molecule has 26 heavy (non-hydrogen) atoms. The predicted molar refractivity (Wildman–Crippen MR) is 94.2 cm³/mol. The Kier molecular flexibility index (Phi) is 5.06. The van der Waals surface area contributed by atoms with E-state index in [-0.39, 0.29) is 30.8 Å². The first-order valence-corrected chi connectivity index (χ1v) is 8.10. The van der Waals surface area contributed by atoms with E-state index in [0.29, 0.717) is 22.7 Å². The molecule has 6 nitrogen and oxygen atoms in total. The molecule has 136 valence electrons. The van der Waals surface area contributed by atoms with E-state index in [0.717, 1.165) is 0 Å². The first-order valence-electron chi connectivity index (χ1n) is 8.10. The smallest absolute Gasteiger partial charge is 0.255 e. The van der Waals surface area contributed by atoms with Gasteiger partial charge in [0.05, 0.1) is 25.8 Å². The predicted octanol–water partition coefficient (Wildman–Crippen LogP) is 2.38. The quantitative estimate of drug-likeness (QED) is 0.891. The standard InChI is InChI=1S/C19H19FN2O4/c1-25-15-6-7-16(17(10-15)26-2)19(24)21-13-9-18(23)22(11-13)14-5-3-4-12(20)8-14/h3-8,10,13H,9,11H2,1-2H3,(H,21,24). The molecule has 1 unspecified atom stereocenters. The van der Waals surface area contributed by atoms with Crippen LogP contribution in [0.25, 0.3) is 0 Å². The van der Waals surface area contributed by atoms with E-state index in [1.165, 1.54) is 31.3 Å². The van der Waals surface area contributed by atoms with Crippen molar-refractivity contribution in [1.82, 2.24) is 5.32 Å². The Balaban J connectivity index is 1.72. The molecule has 1 N–H and O–H groups in total. The summed E-state index contributed by atoms with van der Waals surface area (Å²) in [6.45, 7) is 0.284. The Hall–Kier alpha value is -3.09. The number of nitrogens with one attached hydrogen (secondary N) is 1. The van der Waals surface area contributed by atoms with Crippen LogP contribution in [-0.2, 0) is 4.79 Å². The highest BCUT2D eigenvalue weighted by Crippen LogP contribution is 2.26. The van der Waals surface area contributed by atoms with Crippen LogP contribution >= 0.6 is 0 Å². The average Bonchev–Trinajstić information content (AvgIpc) is 3.01. The number of rotatable bonds is 5. The molecule has 1 atom stereocenters. The largest absolute Gasteiger partial charge is 0.497 e. The lowest BCUT2D eigenvalue weighted by Crippen LogP contribution is -2.37. The van der Waals surface area contributed by atoms with Crippen molar-refractivity contribution in [3.05, 3.63) is 53.8 Å². The molecule has 2 amide bonds. The molecule has 1 heterocycles.